The van der Waals surface area contributed by atoms with Gasteiger partial charge in [-0.25, -0.2) is 4.79 Å². The largest absolute Gasteiger partial charge is 0.490 e. The predicted octanol–water partition coefficient (Wildman–Crippen LogP) is 8.23. The van der Waals surface area contributed by atoms with Crippen molar-refractivity contribution in [2.24, 2.45) is 5.92 Å². The number of benzene rings is 2. The summed E-state index contributed by atoms with van der Waals surface area (Å²) in [6.45, 7) is 3.59. The van der Waals surface area contributed by atoms with Gasteiger partial charge in [-0.1, -0.05) is 47.8 Å². The van der Waals surface area contributed by atoms with Gasteiger partial charge in [-0.15, -0.1) is 0 Å². The van der Waals surface area contributed by atoms with Gasteiger partial charge in [-0.05, 0) is 73.9 Å². The van der Waals surface area contributed by atoms with Crippen molar-refractivity contribution in [1.29, 1.82) is 0 Å². The fourth-order valence-corrected chi connectivity index (χ4v) is 5.96. The van der Waals surface area contributed by atoms with Gasteiger partial charge in [0.25, 0.3) is 0 Å². The first-order valence-corrected chi connectivity index (χ1v) is 15.0. The Kier molecular flexibility index (Phi) is 9.28. The smallest absolute Gasteiger partial charge is 0.411 e. The lowest BCUT2D eigenvalue weighted by Gasteiger charge is -2.24. The lowest BCUT2D eigenvalue weighted by atomic mass is 10.1. The van der Waals surface area contributed by atoms with E-state index in [4.69, 9.17) is 14.2 Å². The van der Waals surface area contributed by atoms with Crippen LogP contribution < -0.4 is 15.4 Å². The molecule has 0 radical (unpaired) electrons. The zero-order chi connectivity index (χ0) is 26.3. The molecule has 1 heterocycles. The van der Waals surface area contributed by atoms with Crippen molar-refractivity contribution < 1.29 is 19.0 Å². The third-order valence-electron chi connectivity index (χ3n) is 7.69. The van der Waals surface area contributed by atoms with Gasteiger partial charge < -0.3 is 19.5 Å². The van der Waals surface area contributed by atoms with Crippen molar-refractivity contribution in [3.05, 3.63) is 53.6 Å². The van der Waals surface area contributed by atoms with E-state index in [0.29, 0.717) is 12.0 Å². The summed E-state index contributed by atoms with van der Waals surface area (Å²) in [6, 6.07) is 14.6. The zero-order valence-electron chi connectivity index (χ0n) is 22.2. The van der Waals surface area contributed by atoms with E-state index in [0.717, 1.165) is 78.1 Å². The van der Waals surface area contributed by atoms with Crippen LogP contribution in [0.1, 0.15) is 75.8 Å². The number of ether oxygens (including phenoxy) is 3. The van der Waals surface area contributed by atoms with Gasteiger partial charge in [0.1, 0.15) is 18.0 Å². The lowest BCUT2D eigenvalue weighted by molar-refractivity contribution is 0.0256. The molecule has 3 fully saturated rings. The van der Waals surface area contributed by atoms with Crippen LogP contribution in [0.15, 0.2) is 42.5 Å². The number of carbonyl (C=O) groups is 1. The molecule has 1 unspecified atom stereocenters. The summed E-state index contributed by atoms with van der Waals surface area (Å²) in [5.74, 6) is 1.43. The molecule has 2 aliphatic carbocycles. The summed E-state index contributed by atoms with van der Waals surface area (Å²) in [5, 5.41) is 6.65. The molecule has 1 atom stereocenters. The molecule has 1 amide bonds. The Labute approximate surface area is 234 Å². The van der Waals surface area contributed by atoms with Gasteiger partial charge in [0.2, 0.25) is 0 Å². The molecule has 6 nitrogen and oxygen atoms in total. The van der Waals surface area contributed by atoms with E-state index in [9.17, 15) is 4.79 Å². The van der Waals surface area contributed by atoms with E-state index < -0.39 is 0 Å². The van der Waals surface area contributed by atoms with Crippen LogP contribution in [-0.4, -0.2) is 37.6 Å². The monoisotopic (exact) mass is 582 g/mol. The number of hydrogen-bond donors (Lipinski definition) is 2. The molecule has 1 saturated heterocycles. The molecule has 38 heavy (non-hydrogen) atoms. The Hall–Kier alpha value is -2.51. The highest BCUT2D eigenvalue weighted by Gasteiger charge is 2.32. The topological polar surface area (TPSA) is 68.8 Å². The van der Waals surface area contributed by atoms with Gasteiger partial charge in [-0.3, -0.25) is 5.32 Å². The van der Waals surface area contributed by atoms with E-state index in [1.54, 1.807) is 0 Å². The van der Waals surface area contributed by atoms with E-state index in [-0.39, 0.29) is 18.3 Å². The summed E-state index contributed by atoms with van der Waals surface area (Å²) in [4.78, 5) is 12.3. The molecule has 2 aromatic carbocycles. The molecular weight excluding hydrogens is 544 g/mol. The Balaban J connectivity index is 1.27. The number of amides is 1. The molecule has 2 aromatic rings. The van der Waals surface area contributed by atoms with Crippen LogP contribution in [0, 0.1) is 5.92 Å². The number of halogens is 1. The molecule has 3 aliphatic rings. The summed E-state index contributed by atoms with van der Waals surface area (Å²) >= 11 is 3.83. The maximum atomic E-state index is 12.3. The van der Waals surface area contributed by atoms with E-state index in [1.165, 1.54) is 25.7 Å². The number of anilines is 2. The van der Waals surface area contributed by atoms with E-state index >= 15 is 0 Å². The van der Waals surface area contributed by atoms with Crippen molar-refractivity contribution in [2.75, 3.05) is 23.8 Å². The highest BCUT2D eigenvalue weighted by atomic mass is 79.9. The Morgan fingerprint density at radius 3 is 2.47 bits per heavy atom. The lowest BCUT2D eigenvalue weighted by Crippen LogP contribution is -2.26. The van der Waals surface area contributed by atoms with Gasteiger partial charge in [-0.2, -0.15) is 0 Å². The standard InChI is InChI=1S/C31H39BrN2O4/c1-2-30(22-9-10-22)38-31(35)34-24-11-7-21(8-12-24)19-28(32)27-14-13-26(37-25-15-17-36-18-16-25)20-29(27)33-23-5-3-4-6-23/h7-8,11-14,19-20,22-23,25,30,33H,2-6,9-10,15-18H2,1H3,(H,34,35)/b28-19-. The van der Waals surface area contributed by atoms with Crippen molar-refractivity contribution in [2.45, 2.75) is 83.0 Å². The second-order valence-electron chi connectivity index (χ2n) is 10.7. The summed E-state index contributed by atoms with van der Waals surface area (Å²) < 4.78 is 18.4. The molecule has 0 aromatic heterocycles. The number of rotatable bonds is 10. The maximum absolute atomic E-state index is 12.3. The third-order valence-corrected chi connectivity index (χ3v) is 8.35. The van der Waals surface area contributed by atoms with Gasteiger partial charge >= 0.3 is 6.09 Å². The minimum atomic E-state index is -0.376. The molecule has 7 heteroatoms. The minimum Gasteiger partial charge on any atom is -0.490 e. The average Bonchev–Trinajstić information content (AvgIpc) is 3.65. The normalized spacial score (nSPS) is 19.7. The summed E-state index contributed by atoms with van der Waals surface area (Å²) in [7, 11) is 0. The molecule has 204 valence electrons. The average molecular weight is 584 g/mol. The van der Waals surface area contributed by atoms with Crippen molar-refractivity contribution in [3.63, 3.8) is 0 Å². The number of nitrogens with one attached hydrogen (secondary N) is 2. The van der Waals surface area contributed by atoms with Crippen molar-refractivity contribution >= 4 is 44.0 Å². The van der Waals surface area contributed by atoms with Crippen LogP contribution in [0.3, 0.4) is 0 Å². The van der Waals surface area contributed by atoms with Gasteiger partial charge in [0, 0.05) is 46.4 Å². The predicted molar refractivity (Wildman–Crippen MR) is 157 cm³/mol. The fourth-order valence-electron chi connectivity index (χ4n) is 5.35. The first-order chi connectivity index (χ1) is 18.6. The van der Waals surface area contributed by atoms with Gasteiger partial charge in [0.05, 0.1) is 13.2 Å². The Morgan fingerprint density at radius 1 is 1.05 bits per heavy atom. The van der Waals surface area contributed by atoms with E-state index in [1.807, 2.05) is 24.3 Å². The number of carbonyl (C=O) groups excluding carboxylic acids is 1. The molecule has 5 rings (SSSR count). The first-order valence-electron chi connectivity index (χ1n) is 14.2. The zero-order valence-corrected chi connectivity index (χ0v) is 23.8. The molecule has 2 saturated carbocycles. The third kappa shape index (κ3) is 7.54. The molecule has 0 spiro atoms. The van der Waals surface area contributed by atoms with Crippen molar-refractivity contribution in [1.82, 2.24) is 0 Å². The summed E-state index contributed by atoms with van der Waals surface area (Å²) in [5.41, 5.74) is 3.96. The van der Waals surface area contributed by atoms with Crippen LogP contribution >= 0.6 is 15.9 Å². The van der Waals surface area contributed by atoms with Crippen molar-refractivity contribution in [3.8, 4) is 5.75 Å². The summed E-state index contributed by atoms with van der Waals surface area (Å²) in [6.07, 6.45) is 11.9. The quantitative estimate of drug-likeness (QED) is 0.276. The molecule has 0 bridgehead atoms. The fraction of sp³-hybridized carbons (Fsp3) is 0.516. The van der Waals surface area contributed by atoms with Crippen LogP contribution in [-0.2, 0) is 9.47 Å². The van der Waals surface area contributed by atoms with Gasteiger partial charge in [0.15, 0.2) is 0 Å². The van der Waals surface area contributed by atoms with E-state index in [2.05, 4.69) is 57.8 Å². The number of hydrogen-bond acceptors (Lipinski definition) is 5. The van der Waals surface area contributed by atoms with Crippen LogP contribution in [0.5, 0.6) is 5.75 Å². The highest BCUT2D eigenvalue weighted by molar-refractivity contribution is 9.15. The second-order valence-corrected chi connectivity index (χ2v) is 11.5. The molecule has 1 aliphatic heterocycles. The Morgan fingerprint density at radius 2 is 1.79 bits per heavy atom. The Bertz CT molecular complexity index is 1100. The SMILES string of the molecule is CCC(OC(=O)Nc1ccc(/C=C(\Br)c2ccc(OC3CCOCC3)cc2NC2CCCC2)cc1)C1CC1. The second kappa shape index (κ2) is 13.0. The maximum Gasteiger partial charge on any atom is 0.411 e. The first kappa shape index (κ1) is 27.1. The van der Waals surface area contributed by atoms with Crippen LogP contribution in [0.2, 0.25) is 0 Å². The molecular formula is C31H39BrN2O4. The minimum absolute atomic E-state index is 0.0219. The molecule has 2 N–H and O–H groups in total. The van der Waals surface area contributed by atoms with Crippen LogP contribution in [0.4, 0.5) is 16.2 Å². The highest BCUT2D eigenvalue weighted by Crippen LogP contribution is 2.37. The van der Waals surface area contributed by atoms with Crippen LogP contribution in [0.25, 0.3) is 10.6 Å².